The van der Waals surface area contributed by atoms with E-state index in [0.717, 1.165) is 16.7 Å². The zero-order chi connectivity index (χ0) is 17.8. The van der Waals surface area contributed by atoms with Gasteiger partial charge in [-0.2, -0.15) is 0 Å². The number of thiophene rings is 1. The normalized spacial score (nSPS) is 11.0. The van der Waals surface area contributed by atoms with E-state index in [4.69, 9.17) is 0 Å². The van der Waals surface area contributed by atoms with Crippen molar-refractivity contribution in [2.24, 2.45) is 0 Å². The first-order valence-corrected chi connectivity index (χ1v) is 8.43. The molecule has 2 aromatic heterocycles. The molecular weight excluding hydrogens is 344 g/mol. The van der Waals surface area contributed by atoms with Crippen molar-refractivity contribution in [1.82, 2.24) is 9.97 Å². The number of nitro groups is 1. The Hall–Kier alpha value is -2.62. The first-order valence-electron chi connectivity index (χ1n) is 7.62. The molecule has 0 bridgehead atoms. The fourth-order valence-corrected chi connectivity index (χ4v) is 3.28. The molecule has 0 spiro atoms. The van der Waals surface area contributed by atoms with Crippen LogP contribution in [-0.2, 0) is 0 Å². The lowest BCUT2D eigenvalue weighted by atomic mass is 10.2. The van der Waals surface area contributed by atoms with E-state index in [1.54, 1.807) is 11.0 Å². The van der Waals surface area contributed by atoms with Gasteiger partial charge in [0.1, 0.15) is 5.82 Å². The van der Waals surface area contributed by atoms with Gasteiger partial charge in [0.2, 0.25) is 0 Å². The third kappa shape index (κ3) is 3.58. The summed E-state index contributed by atoms with van der Waals surface area (Å²) in [6.07, 6.45) is 0. The Labute approximate surface area is 147 Å². The molecular formula is C16H16N4O4S. The molecule has 1 aromatic carbocycles. The fraction of sp³-hybridized carbons (Fsp3) is 0.250. The predicted molar refractivity (Wildman–Crippen MR) is 95.9 cm³/mol. The first-order chi connectivity index (χ1) is 12.1. The van der Waals surface area contributed by atoms with Gasteiger partial charge in [0.25, 0.3) is 0 Å². The number of rotatable bonds is 7. The molecule has 0 radical (unpaired) electrons. The van der Waals surface area contributed by atoms with Crippen LogP contribution < -0.4 is 4.90 Å². The van der Waals surface area contributed by atoms with E-state index in [9.17, 15) is 20.3 Å². The average molecular weight is 360 g/mol. The zero-order valence-electron chi connectivity index (χ0n) is 13.2. The summed E-state index contributed by atoms with van der Waals surface area (Å²) in [6, 6.07) is 10.5. The molecule has 0 aliphatic heterocycles. The van der Waals surface area contributed by atoms with Crippen LogP contribution in [0.15, 0.2) is 36.4 Å². The Morgan fingerprint density at radius 2 is 1.80 bits per heavy atom. The molecule has 0 aliphatic carbocycles. The lowest BCUT2D eigenvalue weighted by Gasteiger charge is -2.23. The lowest BCUT2D eigenvalue weighted by Crippen LogP contribution is -2.30. The number of nitrogens with zero attached hydrogens (tertiary/aromatic N) is 4. The molecule has 0 saturated carbocycles. The largest absolute Gasteiger partial charge is 0.395 e. The molecule has 25 heavy (non-hydrogen) atoms. The second kappa shape index (κ2) is 7.51. The van der Waals surface area contributed by atoms with E-state index in [1.165, 1.54) is 6.07 Å². The molecule has 8 nitrogen and oxygen atoms in total. The number of aliphatic hydroxyl groups is 2. The highest BCUT2D eigenvalue weighted by molar-refractivity contribution is 7.18. The fourth-order valence-electron chi connectivity index (χ4n) is 2.52. The van der Waals surface area contributed by atoms with Crippen LogP contribution in [0.3, 0.4) is 0 Å². The number of anilines is 1. The van der Waals surface area contributed by atoms with E-state index < -0.39 is 4.92 Å². The van der Waals surface area contributed by atoms with Crippen LogP contribution in [0.4, 0.5) is 10.8 Å². The molecule has 0 aliphatic rings. The van der Waals surface area contributed by atoms with Gasteiger partial charge in [-0.1, -0.05) is 23.5 Å². The summed E-state index contributed by atoms with van der Waals surface area (Å²) < 4.78 is 0. The number of hydrogen-bond acceptors (Lipinski definition) is 8. The second-order valence-corrected chi connectivity index (χ2v) is 6.28. The van der Waals surface area contributed by atoms with Crippen LogP contribution in [0.1, 0.15) is 0 Å². The predicted octanol–water partition coefficient (Wildman–Crippen LogP) is 2.06. The number of hydrogen-bond donors (Lipinski definition) is 2. The number of aromatic nitrogens is 2. The molecule has 0 fully saturated rings. The SMILES string of the molecule is O=[N+]([O-])c1ccc(-c2nc(N(CCO)CCO)c3ccccc3n2)s1. The van der Waals surface area contributed by atoms with Crippen molar-refractivity contribution in [3.05, 3.63) is 46.5 Å². The lowest BCUT2D eigenvalue weighted by molar-refractivity contribution is -0.380. The van der Waals surface area contributed by atoms with Crippen LogP contribution in [0.2, 0.25) is 0 Å². The zero-order valence-corrected chi connectivity index (χ0v) is 14.0. The number of para-hydroxylation sites is 1. The molecule has 0 unspecified atom stereocenters. The molecule has 0 amide bonds. The maximum atomic E-state index is 10.9. The monoisotopic (exact) mass is 360 g/mol. The summed E-state index contributed by atoms with van der Waals surface area (Å²) in [6.45, 7) is 0.452. The minimum atomic E-state index is -0.444. The summed E-state index contributed by atoms with van der Waals surface area (Å²) in [4.78, 5) is 21.9. The highest BCUT2D eigenvalue weighted by Gasteiger charge is 2.18. The average Bonchev–Trinajstić information content (AvgIpc) is 3.11. The van der Waals surface area contributed by atoms with Gasteiger partial charge in [0.05, 0.1) is 28.5 Å². The highest BCUT2D eigenvalue weighted by atomic mass is 32.1. The van der Waals surface area contributed by atoms with Crippen LogP contribution in [0, 0.1) is 10.1 Å². The Bertz CT molecular complexity index is 893. The van der Waals surface area contributed by atoms with E-state index in [1.807, 2.05) is 24.3 Å². The van der Waals surface area contributed by atoms with Crippen molar-refractivity contribution < 1.29 is 15.1 Å². The third-order valence-corrected chi connectivity index (χ3v) is 4.65. The van der Waals surface area contributed by atoms with Crippen molar-refractivity contribution in [1.29, 1.82) is 0 Å². The molecule has 2 N–H and O–H groups in total. The second-order valence-electron chi connectivity index (χ2n) is 5.22. The first kappa shape index (κ1) is 17.2. The molecule has 2 heterocycles. The third-order valence-electron chi connectivity index (χ3n) is 3.61. The Morgan fingerprint density at radius 3 is 2.44 bits per heavy atom. The van der Waals surface area contributed by atoms with E-state index in [0.29, 0.717) is 35.1 Å². The van der Waals surface area contributed by atoms with Gasteiger partial charge in [-0.15, -0.1) is 0 Å². The topological polar surface area (TPSA) is 113 Å². The number of benzene rings is 1. The summed E-state index contributed by atoms with van der Waals surface area (Å²) in [5, 5.41) is 30.3. The number of aliphatic hydroxyl groups excluding tert-OH is 2. The molecule has 3 rings (SSSR count). The van der Waals surface area contributed by atoms with Crippen LogP contribution in [-0.4, -0.2) is 51.4 Å². The summed E-state index contributed by atoms with van der Waals surface area (Å²) in [5.41, 5.74) is 0.694. The number of fused-ring (bicyclic) bond motifs is 1. The molecule has 0 saturated heterocycles. The maximum absolute atomic E-state index is 10.9. The summed E-state index contributed by atoms with van der Waals surface area (Å²) in [7, 11) is 0. The summed E-state index contributed by atoms with van der Waals surface area (Å²) >= 11 is 1.01. The van der Waals surface area contributed by atoms with Gasteiger partial charge < -0.3 is 15.1 Å². The van der Waals surface area contributed by atoms with Gasteiger partial charge >= 0.3 is 5.00 Å². The van der Waals surface area contributed by atoms with E-state index in [-0.39, 0.29) is 18.2 Å². The smallest absolute Gasteiger partial charge is 0.324 e. The van der Waals surface area contributed by atoms with Crippen molar-refractivity contribution >= 4 is 33.1 Å². The molecule has 3 aromatic rings. The van der Waals surface area contributed by atoms with Gasteiger partial charge in [-0.25, -0.2) is 9.97 Å². The van der Waals surface area contributed by atoms with E-state index >= 15 is 0 Å². The van der Waals surface area contributed by atoms with Crippen molar-refractivity contribution in [2.45, 2.75) is 0 Å². The van der Waals surface area contributed by atoms with Crippen molar-refractivity contribution in [3.63, 3.8) is 0 Å². The Morgan fingerprint density at radius 1 is 1.08 bits per heavy atom. The molecule has 130 valence electrons. The minimum absolute atomic E-state index is 0.0240. The van der Waals surface area contributed by atoms with Crippen LogP contribution in [0.25, 0.3) is 21.6 Å². The van der Waals surface area contributed by atoms with Gasteiger partial charge in [-0.05, 0) is 18.2 Å². The Kier molecular flexibility index (Phi) is 5.17. The van der Waals surface area contributed by atoms with Crippen LogP contribution in [0.5, 0.6) is 0 Å². The van der Waals surface area contributed by atoms with Gasteiger partial charge in [0, 0.05) is 24.5 Å². The maximum Gasteiger partial charge on any atom is 0.324 e. The standard InChI is InChI=1S/C16H16N4O4S/c21-9-7-19(8-10-22)16-11-3-1-2-4-12(11)17-15(18-16)13-5-6-14(25-13)20(23)24/h1-6,21-22H,7-10H2. The molecule has 0 atom stereocenters. The van der Waals surface area contributed by atoms with Gasteiger partial charge in [-0.3, -0.25) is 10.1 Å². The minimum Gasteiger partial charge on any atom is -0.395 e. The Balaban J connectivity index is 2.15. The van der Waals surface area contributed by atoms with Crippen molar-refractivity contribution in [2.75, 3.05) is 31.2 Å². The van der Waals surface area contributed by atoms with Crippen LogP contribution >= 0.6 is 11.3 Å². The van der Waals surface area contributed by atoms with E-state index in [2.05, 4.69) is 9.97 Å². The quantitative estimate of drug-likeness (QED) is 0.490. The molecule has 9 heteroatoms. The van der Waals surface area contributed by atoms with Crippen molar-refractivity contribution in [3.8, 4) is 10.7 Å². The summed E-state index contributed by atoms with van der Waals surface area (Å²) in [5.74, 6) is 0.965. The van der Waals surface area contributed by atoms with Gasteiger partial charge in [0.15, 0.2) is 5.82 Å². The highest BCUT2D eigenvalue weighted by Crippen LogP contribution is 2.33.